The lowest BCUT2D eigenvalue weighted by atomic mass is 9.71. The molecule has 0 radical (unpaired) electrons. The van der Waals surface area contributed by atoms with Crippen molar-refractivity contribution in [2.45, 2.75) is 31.1 Å². The number of ether oxygens (including phenoxy) is 1. The zero-order valence-electron chi connectivity index (χ0n) is 11.5. The first kappa shape index (κ1) is 14.4. The van der Waals surface area contributed by atoms with Gasteiger partial charge < -0.3 is 15.2 Å². The minimum Gasteiger partial charge on any atom is -0.496 e. The Morgan fingerprint density at radius 3 is 2.80 bits per heavy atom. The molecule has 5 heteroatoms. The molecule has 0 aromatic heterocycles. The van der Waals surface area contributed by atoms with E-state index in [4.69, 9.17) is 9.84 Å². The van der Waals surface area contributed by atoms with Crippen molar-refractivity contribution < 1.29 is 19.4 Å². The van der Waals surface area contributed by atoms with E-state index in [1.807, 2.05) is 24.3 Å². The predicted octanol–water partition coefficient (Wildman–Crippen LogP) is 1.71. The Hall–Kier alpha value is -2.04. The Bertz CT molecular complexity index is 502. The monoisotopic (exact) mass is 277 g/mol. The highest BCUT2D eigenvalue weighted by atomic mass is 16.5. The maximum atomic E-state index is 11.4. The van der Waals surface area contributed by atoms with Crippen molar-refractivity contribution in [1.29, 1.82) is 0 Å². The first-order valence-electron chi connectivity index (χ1n) is 6.69. The second-order valence-electron chi connectivity index (χ2n) is 5.15. The number of nitrogens with one attached hydrogen (secondary N) is 1. The van der Waals surface area contributed by atoms with Crippen LogP contribution in [0.5, 0.6) is 5.75 Å². The Labute approximate surface area is 117 Å². The number of amides is 1. The van der Waals surface area contributed by atoms with Gasteiger partial charge in [0.25, 0.3) is 0 Å². The molecule has 1 aromatic carbocycles. The van der Waals surface area contributed by atoms with Gasteiger partial charge in [0, 0.05) is 30.4 Å². The van der Waals surface area contributed by atoms with Crippen LogP contribution < -0.4 is 10.1 Å². The number of para-hydroxylation sites is 1. The van der Waals surface area contributed by atoms with E-state index in [2.05, 4.69) is 5.32 Å². The molecule has 1 unspecified atom stereocenters. The molecule has 2 N–H and O–H groups in total. The molecular formula is C15H19NO4. The van der Waals surface area contributed by atoms with Gasteiger partial charge in [-0.15, -0.1) is 0 Å². The smallest absolute Gasteiger partial charge is 0.303 e. The van der Waals surface area contributed by atoms with E-state index in [9.17, 15) is 9.59 Å². The molecule has 5 nitrogen and oxygen atoms in total. The minimum atomic E-state index is -0.823. The largest absolute Gasteiger partial charge is 0.496 e. The number of carbonyl (C=O) groups excluding carboxylic acids is 1. The molecule has 0 spiro atoms. The van der Waals surface area contributed by atoms with Crippen molar-refractivity contribution in [2.75, 3.05) is 13.7 Å². The van der Waals surface area contributed by atoms with Gasteiger partial charge in [-0.2, -0.15) is 0 Å². The zero-order chi connectivity index (χ0) is 14.6. The summed E-state index contributed by atoms with van der Waals surface area (Å²) in [5, 5.41) is 11.8. The van der Waals surface area contributed by atoms with Crippen LogP contribution in [0.15, 0.2) is 24.3 Å². The van der Waals surface area contributed by atoms with Crippen LogP contribution in [0.2, 0.25) is 0 Å². The van der Waals surface area contributed by atoms with Crippen molar-refractivity contribution in [3.63, 3.8) is 0 Å². The number of benzene rings is 1. The van der Waals surface area contributed by atoms with Crippen LogP contribution in [0.4, 0.5) is 0 Å². The van der Waals surface area contributed by atoms with Crippen LogP contribution in [-0.2, 0) is 15.0 Å². The molecule has 1 aliphatic rings. The number of methoxy groups -OCH3 is 1. The highest BCUT2D eigenvalue weighted by Gasteiger charge is 2.38. The second kappa shape index (κ2) is 5.94. The van der Waals surface area contributed by atoms with Gasteiger partial charge in [-0.1, -0.05) is 18.2 Å². The van der Waals surface area contributed by atoms with Crippen molar-refractivity contribution in [3.8, 4) is 5.75 Å². The average Bonchev–Trinajstić information content (AvgIpc) is 2.47. The SMILES string of the molecule is COc1ccccc1C1(CCC(=O)O)CCC(=O)NC1. The van der Waals surface area contributed by atoms with E-state index in [1.54, 1.807) is 7.11 Å². The van der Waals surface area contributed by atoms with Gasteiger partial charge in [-0.25, -0.2) is 0 Å². The van der Waals surface area contributed by atoms with E-state index in [1.165, 1.54) is 0 Å². The van der Waals surface area contributed by atoms with Gasteiger partial charge in [-0.3, -0.25) is 9.59 Å². The van der Waals surface area contributed by atoms with Crippen LogP contribution in [0.3, 0.4) is 0 Å². The summed E-state index contributed by atoms with van der Waals surface area (Å²) < 4.78 is 5.40. The molecule has 0 bridgehead atoms. The zero-order valence-corrected chi connectivity index (χ0v) is 11.5. The lowest BCUT2D eigenvalue weighted by Crippen LogP contribution is -2.46. The summed E-state index contributed by atoms with van der Waals surface area (Å²) >= 11 is 0. The van der Waals surface area contributed by atoms with E-state index < -0.39 is 5.97 Å². The summed E-state index contributed by atoms with van der Waals surface area (Å²) in [4.78, 5) is 22.3. The molecule has 108 valence electrons. The van der Waals surface area contributed by atoms with Crippen molar-refractivity contribution in [2.24, 2.45) is 0 Å². The van der Waals surface area contributed by atoms with Gasteiger partial charge in [0.2, 0.25) is 5.91 Å². The number of rotatable bonds is 5. The van der Waals surface area contributed by atoms with Gasteiger partial charge in [0.15, 0.2) is 0 Å². The van der Waals surface area contributed by atoms with Crippen LogP contribution in [0.1, 0.15) is 31.2 Å². The highest BCUT2D eigenvalue weighted by Crippen LogP contribution is 2.40. The number of hydrogen-bond donors (Lipinski definition) is 2. The fourth-order valence-electron chi connectivity index (χ4n) is 2.80. The normalized spacial score (nSPS) is 22.1. The molecule has 2 rings (SSSR count). The van der Waals surface area contributed by atoms with E-state index in [0.717, 1.165) is 11.3 Å². The minimum absolute atomic E-state index is 0.0193. The predicted molar refractivity (Wildman–Crippen MR) is 73.8 cm³/mol. The summed E-state index contributed by atoms with van der Waals surface area (Å²) in [6.07, 6.45) is 1.63. The third-order valence-corrected chi connectivity index (χ3v) is 3.95. The van der Waals surface area contributed by atoms with Crippen LogP contribution in [0, 0.1) is 0 Å². The first-order valence-corrected chi connectivity index (χ1v) is 6.69. The van der Waals surface area contributed by atoms with Crippen molar-refractivity contribution >= 4 is 11.9 Å². The van der Waals surface area contributed by atoms with E-state index >= 15 is 0 Å². The Morgan fingerprint density at radius 2 is 2.20 bits per heavy atom. The summed E-state index contributed by atoms with van der Waals surface area (Å²) in [5.41, 5.74) is 0.613. The third kappa shape index (κ3) is 2.92. The maximum Gasteiger partial charge on any atom is 0.303 e. The molecule has 1 aliphatic heterocycles. The fourth-order valence-corrected chi connectivity index (χ4v) is 2.80. The van der Waals surface area contributed by atoms with Gasteiger partial charge >= 0.3 is 5.97 Å². The highest BCUT2D eigenvalue weighted by molar-refractivity contribution is 5.77. The summed E-state index contributed by atoms with van der Waals surface area (Å²) in [5.74, 6) is -0.0592. The maximum absolute atomic E-state index is 11.4. The van der Waals surface area contributed by atoms with Crippen LogP contribution in [0.25, 0.3) is 0 Å². The quantitative estimate of drug-likeness (QED) is 0.859. The Kier molecular flexibility index (Phi) is 4.27. The molecule has 1 atom stereocenters. The first-order chi connectivity index (χ1) is 9.57. The lowest BCUT2D eigenvalue weighted by Gasteiger charge is -2.38. The molecule has 0 saturated carbocycles. The van der Waals surface area contributed by atoms with Gasteiger partial charge in [0.1, 0.15) is 5.75 Å². The number of carboxylic acids is 1. The molecule has 1 amide bonds. The Morgan fingerprint density at radius 1 is 1.45 bits per heavy atom. The average molecular weight is 277 g/mol. The summed E-state index contributed by atoms with van der Waals surface area (Å²) in [6.45, 7) is 0.458. The van der Waals surface area contributed by atoms with Crippen molar-refractivity contribution in [3.05, 3.63) is 29.8 Å². The molecular weight excluding hydrogens is 258 g/mol. The van der Waals surface area contributed by atoms with Gasteiger partial charge in [0.05, 0.1) is 7.11 Å². The number of aliphatic carboxylic acids is 1. The fraction of sp³-hybridized carbons (Fsp3) is 0.467. The Balaban J connectivity index is 2.35. The number of piperidine rings is 1. The third-order valence-electron chi connectivity index (χ3n) is 3.95. The van der Waals surface area contributed by atoms with Crippen LogP contribution >= 0.6 is 0 Å². The van der Waals surface area contributed by atoms with Gasteiger partial charge in [-0.05, 0) is 18.9 Å². The van der Waals surface area contributed by atoms with Crippen LogP contribution in [-0.4, -0.2) is 30.6 Å². The number of carbonyl (C=O) groups is 2. The van der Waals surface area contributed by atoms with E-state index in [0.29, 0.717) is 25.8 Å². The topological polar surface area (TPSA) is 75.6 Å². The van der Waals surface area contributed by atoms with Crippen molar-refractivity contribution in [1.82, 2.24) is 5.32 Å². The molecule has 1 fully saturated rings. The van der Waals surface area contributed by atoms with E-state index in [-0.39, 0.29) is 17.7 Å². The standard InChI is InChI=1S/C15H19NO4/c1-20-12-5-3-2-4-11(12)15(9-7-14(18)19)8-6-13(17)16-10-15/h2-5H,6-10H2,1H3,(H,16,17)(H,18,19). The number of carboxylic acid groups (broad SMARTS) is 1. The number of hydrogen-bond acceptors (Lipinski definition) is 3. The second-order valence-corrected chi connectivity index (χ2v) is 5.15. The summed E-state index contributed by atoms with van der Waals surface area (Å²) in [6, 6.07) is 7.62. The molecule has 20 heavy (non-hydrogen) atoms. The molecule has 1 saturated heterocycles. The molecule has 0 aliphatic carbocycles. The molecule has 1 aromatic rings. The molecule has 1 heterocycles. The summed E-state index contributed by atoms with van der Waals surface area (Å²) in [7, 11) is 1.60. The lowest BCUT2D eigenvalue weighted by molar-refractivity contribution is -0.137.